The van der Waals surface area contributed by atoms with E-state index in [0.29, 0.717) is 28.7 Å². The van der Waals surface area contributed by atoms with Crippen LogP contribution in [0.4, 0.5) is 0 Å². The van der Waals surface area contributed by atoms with Gasteiger partial charge in [0.05, 0.1) is 15.6 Å². The van der Waals surface area contributed by atoms with E-state index < -0.39 is 0 Å². The monoisotopic (exact) mass is 296 g/mol. The van der Waals surface area contributed by atoms with Gasteiger partial charge in [-0.3, -0.25) is 4.79 Å². The third-order valence-corrected chi connectivity index (χ3v) is 2.74. The van der Waals surface area contributed by atoms with Crippen LogP contribution in [0.3, 0.4) is 0 Å². The van der Waals surface area contributed by atoms with E-state index in [0.717, 1.165) is 12.8 Å². The largest absolute Gasteiger partial charge is 0.352 e. The molecule has 0 aromatic heterocycles. The molecule has 1 rings (SSSR count). The number of carbonyl (C=O) groups is 1. The number of halogens is 3. The van der Waals surface area contributed by atoms with E-state index in [1.807, 2.05) is 0 Å². The summed E-state index contributed by atoms with van der Waals surface area (Å²) in [5.74, 6) is -0.243. The van der Waals surface area contributed by atoms with E-state index in [-0.39, 0.29) is 18.3 Å². The summed E-state index contributed by atoms with van der Waals surface area (Å²) < 4.78 is 0. The molecule has 0 aliphatic carbocycles. The molecule has 1 aromatic carbocycles. The summed E-state index contributed by atoms with van der Waals surface area (Å²) in [4.78, 5) is 11.7. The second kappa shape index (κ2) is 8.59. The van der Waals surface area contributed by atoms with E-state index in [1.54, 1.807) is 18.2 Å². The lowest BCUT2D eigenvalue weighted by atomic mass is 10.2. The van der Waals surface area contributed by atoms with Crippen LogP contribution in [0.25, 0.3) is 0 Å². The Morgan fingerprint density at radius 1 is 1.24 bits per heavy atom. The molecule has 0 radical (unpaired) electrons. The quantitative estimate of drug-likeness (QED) is 0.821. The van der Waals surface area contributed by atoms with Crippen molar-refractivity contribution in [2.24, 2.45) is 5.73 Å². The highest BCUT2D eigenvalue weighted by molar-refractivity contribution is 6.39. The average Bonchev–Trinajstić information content (AvgIpc) is 2.24. The maximum atomic E-state index is 11.7. The minimum Gasteiger partial charge on any atom is -0.352 e. The van der Waals surface area contributed by atoms with Gasteiger partial charge in [0.2, 0.25) is 0 Å². The molecule has 0 spiro atoms. The van der Waals surface area contributed by atoms with Crippen molar-refractivity contribution in [2.75, 3.05) is 13.1 Å². The standard InChI is InChI=1S/C11H14Cl2N2O.ClH/c12-8-4-3-5-9(13)10(8)11(16)15-7-2-1-6-14;/h3-5H,1-2,6-7,14H2,(H,15,16);1H. The van der Waals surface area contributed by atoms with E-state index in [1.165, 1.54) is 0 Å². The molecule has 3 N–H and O–H groups in total. The number of hydrogen-bond acceptors (Lipinski definition) is 2. The van der Waals surface area contributed by atoms with Gasteiger partial charge in [-0.05, 0) is 31.5 Å². The molecule has 1 amide bonds. The molecule has 1 aromatic rings. The number of nitrogens with one attached hydrogen (secondary N) is 1. The Balaban J connectivity index is 0.00000256. The fourth-order valence-corrected chi connectivity index (χ4v) is 1.84. The third-order valence-electron chi connectivity index (χ3n) is 2.11. The topological polar surface area (TPSA) is 55.1 Å². The number of unbranched alkanes of at least 4 members (excludes halogenated alkanes) is 1. The summed E-state index contributed by atoms with van der Waals surface area (Å²) >= 11 is 11.8. The lowest BCUT2D eigenvalue weighted by Crippen LogP contribution is -2.25. The van der Waals surface area contributed by atoms with E-state index in [2.05, 4.69) is 5.32 Å². The summed E-state index contributed by atoms with van der Waals surface area (Å²) in [5.41, 5.74) is 5.68. The van der Waals surface area contributed by atoms with Crippen LogP contribution in [0.15, 0.2) is 18.2 Å². The Hall–Kier alpha value is -0.480. The van der Waals surface area contributed by atoms with Gasteiger partial charge in [0.25, 0.3) is 5.91 Å². The van der Waals surface area contributed by atoms with Crippen LogP contribution in [-0.2, 0) is 0 Å². The van der Waals surface area contributed by atoms with Crippen molar-refractivity contribution in [2.45, 2.75) is 12.8 Å². The van der Waals surface area contributed by atoms with Crippen molar-refractivity contribution in [1.29, 1.82) is 0 Å². The molecule has 0 heterocycles. The number of rotatable bonds is 5. The minimum absolute atomic E-state index is 0. The second-order valence-electron chi connectivity index (χ2n) is 3.35. The first-order chi connectivity index (χ1) is 7.66. The summed E-state index contributed by atoms with van der Waals surface area (Å²) in [6.07, 6.45) is 1.74. The van der Waals surface area contributed by atoms with E-state index in [4.69, 9.17) is 28.9 Å². The maximum Gasteiger partial charge on any atom is 0.254 e. The van der Waals surface area contributed by atoms with Gasteiger partial charge in [-0.1, -0.05) is 29.3 Å². The summed E-state index contributed by atoms with van der Waals surface area (Å²) in [6, 6.07) is 4.99. The molecule has 3 nitrogen and oxygen atoms in total. The maximum absolute atomic E-state index is 11.7. The molecule has 17 heavy (non-hydrogen) atoms. The van der Waals surface area contributed by atoms with E-state index in [9.17, 15) is 4.79 Å². The second-order valence-corrected chi connectivity index (χ2v) is 4.16. The van der Waals surface area contributed by atoms with Gasteiger partial charge in [0, 0.05) is 6.54 Å². The highest BCUT2D eigenvalue weighted by Gasteiger charge is 2.13. The van der Waals surface area contributed by atoms with Gasteiger partial charge in [-0.15, -0.1) is 12.4 Å². The lowest BCUT2D eigenvalue weighted by molar-refractivity contribution is 0.0953. The fourth-order valence-electron chi connectivity index (χ4n) is 1.27. The van der Waals surface area contributed by atoms with Gasteiger partial charge in [-0.2, -0.15) is 0 Å². The molecule has 0 saturated heterocycles. The zero-order chi connectivity index (χ0) is 12.0. The number of nitrogens with two attached hydrogens (primary N) is 1. The lowest BCUT2D eigenvalue weighted by Gasteiger charge is -2.07. The van der Waals surface area contributed by atoms with Gasteiger partial charge in [0.15, 0.2) is 0 Å². The number of benzene rings is 1. The molecule has 6 heteroatoms. The molecule has 0 saturated carbocycles. The Morgan fingerprint density at radius 2 is 1.82 bits per heavy atom. The zero-order valence-corrected chi connectivity index (χ0v) is 11.5. The molecule has 0 bridgehead atoms. The first-order valence-corrected chi connectivity index (χ1v) is 5.84. The molecule has 0 unspecified atom stereocenters. The molecule has 0 fully saturated rings. The number of hydrogen-bond donors (Lipinski definition) is 2. The Labute approximate surface area is 117 Å². The van der Waals surface area contributed by atoms with Crippen molar-refractivity contribution >= 4 is 41.5 Å². The predicted octanol–water partition coefficient (Wildman–Crippen LogP) is 2.88. The summed E-state index contributed by atoms with van der Waals surface area (Å²) in [7, 11) is 0. The van der Waals surface area contributed by atoms with Crippen molar-refractivity contribution in [3.05, 3.63) is 33.8 Å². The van der Waals surface area contributed by atoms with E-state index >= 15 is 0 Å². The first-order valence-electron chi connectivity index (χ1n) is 5.09. The van der Waals surface area contributed by atoms with Crippen molar-refractivity contribution in [1.82, 2.24) is 5.32 Å². The van der Waals surface area contributed by atoms with Gasteiger partial charge in [0.1, 0.15) is 0 Å². The smallest absolute Gasteiger partial charge is 0.254 e. The fraction of sp³-hybridized carbons (Fsp3) is 0.364. The van der Waals surface area contributed by atoms with Crippen LogP contribution in [0.5, 0.6) is 0 Å². The van der Waals surface area contributed by atoms with Crippen LogP contribution < -0.4 is 11.1 Å². The van der Waals surface area contributed by atoms with Gasteiger partial charge >= 0.3 is 0 Å². The van der Waals surface area contributed by atoms with Crippen LogP contribution in [-0.4, -0.2) is 19.0 Å². The van der Waals surface area contributed by atoms with Crippen molar-refractivity contribution in [3.8, 4) is 0 Å². The minimum atomic E-state index is -0.243. The molecular weight excluding hydrogens is 282 g/mol. The normalized spacial score (nSPS) is 9.59. The first kappa shape index (κ1) is 16.5. The molecule has 96 valence electrons. The highest BCUT2D eigenvalue weighted by Crippen LogP contribution is 2.23. The molecule has 0 aliphatic rings. The van der Waals surface area contributed by atoms with Crippen LogP contribution >= 0.6 is 35.6 Å². The van der Waals surface area contributed by atoms with Crippen LogP contribution in [0.2, 0.25) is 10.0 Å². The summed E-state index contributed by atoms with van der Waals surface area (Å²) in [6.45, 7) is 1.21. The van der Waals surface area contributed by atoms with Gasteiger partial charge in [-0.25, -0.2) is 0 Å². The van der Waals surface area contributed by atoms with Crippen LogP contribution in [0.1, 0.15) is 23.2 Å². The third kappa shape index (κ3) is 5.13. The summed E-state index contributed by atoms with van der Waals surface area (Å²) in [5, 5.41) is 3.48. The van der Waals surface area contributed by atoms with Crippen molar-refractivity contribution < 1.29 is 4.79 Å². The highest BCUT2D eigenvalue weighted by atomic mass is 35.5. The average molecular weight is 298 g/mol. The van der Waals surface area contributed by atoms with Gasteiger partial charge < -0.3 is 11.1 Å². The predicted molar refractivity (Wildman–Crippen MR) is 74.3 cm³/mol. The SMILES string of the molecule is Cl.NCCCCNC(=O)c1c(Cl)cccc1Cl. The number of carbonyl (C=O) groups excluding carboxylic acids is 1. The van der Waals surface area contributed by atoms with Crippen LogP contribution in [0, 0.1) is 0 Å². The number of amides is 1. The molecule has 0 atom stereocenters. The zero-order valence-electron chi connectivity index (χ0n) is 9.21. The Morgan fingerprint density at radius 3 is 2.35 bits per heavy atom. The van der Waals surface area contributed by atoms with Crippen molar-refractivity contribution in [3.63, 3.8) is 0 Å². The Bertz CT molecular complexity index is 351. The molecular formula is C11H15Cl3N2O. The Kier molecular flexibility index (Phi) is 8.35. The molecule has 0 aliphatic heterocycles.